The molecule has 0 N–H and O–H groups in total. The third-order valence-electron chi connectivity index (χ3n) is 2.62. The molecule has 0 saturated carbocycles. The summed E-state index contributed by atoms with van der Waals surface area (Å²) in [5.41, 5.74) is 0.145. The maximum atomic E-state index is 13.7. The summed E-state index contributed by atoms with van der Waals surface area (Å²) in [5, 5.41) is 0. The Morgan fingerprint density at radius 3 is 2.29 bits per heavy atom. The number of hydrogen-bond donors (Lipinski definition) is 0. The summed E-state index contributed by atoms with van der Waals surface area (Å²) >= 11 is 0. The molecule has 2 rings (SSSR count). The van der Waals surface area contributed by atoms with Crippen molar-refractivity contribution in [3.05, 3.63) is 59.4 Å². The van der Waals surface area contributed by atoms with Crippen LogP contribution in [0.3, 0.4) is 0 Å². The Morgan fingerprint density at radius 2 is 1.67 bits per heavy atom. The second-order valence-corrected chi connectivity index (χ2v) is 6.54. The molecule has 0 spiro atoms. The van der Waals surface area contributed by atoms with E-state index in [9.17, 15) is 21.6 Å². The molecule has 0 amide bonds. The normalized spacial score (nSPS) is 11.4. The lowest BCUT2D eigenvalue weighted by Crippen LogP contribution is -2.04. The van der Waals surface area contributed by atoms with Crippen molar-refractivity contribution < 1.29 is 26.3 Å². The molecule has 0 aliphatic heterocycles. The van der Waals surface area contributed by atoms with Crippen LogP contribution < -0.4 is 4.74 Å². The van der Waals surface area contributed by atoms with Crippen molar-refractivity contribution in [1.29, 1.82) is 0 Å². The van der Waals surface area contributed by atoms with Crippen LogP contribution in [0.5, 0.6) is 5.75 Å². The van der Waals surface area contributed by atoms with Crippen LogP contribution in [0.25, 0.3) is 0 Å². The zero-order chi connectivity index (χ0) is 15.6. The van der Waals surface area contributed by atoms with E-state index >= 15 is 0 Å². The highest BCUT2D eigenvalue weighted by atomic mass is 35.7. The zero-order valence-electron chi connectivity index (χ0n) is 10.3. The van der Waals surface area contributed by atoms with Crippen LogP contribution in [0.15, 0.2) is 41.3 Å². The van der Waals surface area contributed by atoms with E-state index in [0.717, 1.165) is 12.1 Å². The largest absolute Gasteiger partial charge is 0.486 e. The van der Waals surface area contributed by atoms with Crippen molar-refractivity contribution in [2.24, 2.45) is 0 Å². The van der Waals surface area contributed by atoms with Gasteiger partial charge in [0.15, 0.2) is 11.6 Å². The third-order valence-corrected chi connectivity index (χ3v) is 3.95. The Hall–Kier alpha value is -1.73. The van der Waals surface area contributed by atoms with Crippen molar-refractivity contribution in [2.45, 2.75) is 11.5 Å². The van der Waals surface area contributed by atoms with E-state index in [1.54, 1.807) is 6.07 Å². The van der Waals surface area contributed by atoms with Gasteiger partial charge in [-0.1, -0.05) is 18.2 Å². The Kier molecular flexibility index (Phi) is 4.43. The predicted octanol–water partition coefficient (Wildman–Crippen LogP) is 3.61. The van der Waals surface area contributed by atoms with Crippen molar-refractivity contribution >= 4 is 19.7 Å². The summed E-state index contributed by atoms with van der Waals surface area (Å²) in [6, 6.07) is 7.33. The summed E-state index contributed by atoms with van der Waals surface area (Å²) in [4.78, 5) is -0.986. The van der Waals surface area contributed by atoms with Crippen LogP contribution in [0.4, 0.5) is 13.2 Å². The van der Waals surface area contributed by atoms with Gasteiger partial charge in [0, 0.05) is 16.2 Å². The molecule has 0 unspecified atom stereocenters. The van der Waals surface area contributed by atoms with E-state index in [0.29, 0.717) is 0 Å². The van der Waals surface area contributed by atoms with E-state index < -0.39 is 37.1 Å². The molecular formula is C13H8ClF3O3S. The molecule has 3 nitrogen and oxygen atoms in total. The van der Waals surface area contributed by atoms with Crippen LogP contribution in [0.1, 0.15) is 5.56 Å². The number of rotatable bonds is 4. The first-order chi connectivity index (χ1) is 9.80. The number of ether oxygens (including phenoxy) is 1. The molecule has 2 aromatic rings. The lowest BCUT2D eigenvalue weighted by atomic mass is 10.2. The van der Waals surface area contributed by atoms with E-state index in [2.05, 4.69) is 0 Å². The van der Waals surface area contributed by atoms with E-state index in [-0.39, 0.29) is 12.2 Å². The zero-order valence-corrected chi connectivity index (χ0v) is 11.9. The number of benzene rings is 2. The lowest BCUT2D eigenvalue weighted by molar-refractivity contribution is 0.278. The highest BCUT2D eigenvalue weighted by Gasteiger charge is 2.22. The average molecular weight is 337 g/mol. The molecule has 8 heteroatoms. The van der Waals surface area contributed by atoms with Gasteiger partial charge in [-0.3, -0.25) is 0 Å². The smallest absolute Gasteiger partial charge is 0.264 e. The molecule has 0 bridgehead atoms. The fourth-order valence-electron chi connectivity index (χ4n) is 1.58. The standard InChI is InChI=1S/C13H8ClF3O3S/c14-21(18,19)11-6-5-10(12(16)13(11)17)20-7-8-3-1-2-4-9(8)15/h1-6H,7H2. The second-order valence-electron chi connectivity index (χ2n) is 4.01. The minimum Gasteiger partial charge on any atom is -0.486 e. The summed E-state index contributed by atoms with van der Waals surface area (Å²) in [5.74, 6) is -4.25. The van der Waals surface area contributed by atoms with Crippen molar-refractivity contribution in [3.8, 4) is 5.75 Å². The fourth-order valence-corrected chi connectivity index (χ4v) is 2.48. The Labute approximate surface area is 123 Å². The molecule has 0 aliphatic carbocycles. The van der Waals surface area contributed by atoms with Crippen molar-refractivity contribution in [2.75, 3.05) is 0 Å². The van der Waals surface area contributed by atoms with Crippen LogP contribution in [-0.4, -0.2) is 8.42 Å². The SMILES string of the molecule is O=S(=O)(Cl)c1ccc(OCc2ccccc2F)c(F)c1F. The van der Waals surface area contributed by atoms with Gasteiger partial charge in [0.25, 0.3) is 9.05 Å². The first-order valence-electron chi connectivity index (χ1n) is 5.59. The van der Waals surface area contributed by atoms with Gasteiger partial charge in [-0.25, -0.2) is 17.2 Å². The summed E-state index contributed by atoms with van der Waals surface area (Å²) in [6.07, 6.45) is 0. The van der Waals surface area contributed by atoms with Gasteiger partial charge in [-0.05, 0) is 18.2 Å². The molecule has 0 saturated heterocycles. The minimum absolute atomic E-state index is 0.145. The Morgan fingerprint density at radius 1 is 1.00 bits per heavy atom. The third kappa shape index (κ3) is 3.48. The first kappa shape index (κ1) is 15.7. The second kappa shape index (κ2) is 5.95. The molecule has 2 aromatic carbocycles. The maximum absolute atomic E-state index is 13.7. The molecule has 0 radical (unpaired) electrons. The van der Waals surface area contributed by atoms with Gasteiger partial charge >= 0.3 is 0 Å². The van der Waals surface area contributed by atoms with Crippen LogP contribution in [0.2, 0.25) is 0 Å². The summed E-state index contributed by atoms with van der Waals surface area (Å²) in [7, 11) is 0.552. The van der Waals surface area contributed by atoms with Crippen LogP contribution in [0, 0.1) is 17.5 Å². The highest BCUT2D eigenvalue weighted by molar-refractivity contribution is 8.13. The molecule has 112 valence electrons. The Balaban J connectivity index is 2.27. The van der Waals surface area contributed by atoms with Gasteiger partial charge < -0.3 is 4.74 Å². The van der Waals surface area contributed by atoms with E-state index in [1.165, 1.54) is 18.2 Å². The average Bonchev–Trinajstić information content (AvgIpc) is 2.40. The molecule has 0 atom stereocenters. The molecule has 0 fully saturated rings. The van der Waals surface area contributed by atoms with Crippen LogP contribution in [-0.2, 0) is 15.7 Å². The van der Waals surface area contributed by atoms with E-state index in [4.69, 9.17) is 15.4 Å². The van der Waals surface area contributed by atoms with Crippen LogP contribution >= 0.6 is 10.7 Å². The predicted molar refractivity (Wildman–Crippen MR) is 70.1 cm³/mol. The monoisotopic (exact) mass is 336 g/mol. The quantitative estimate of drug-likeness (QED) is 0.801. The molecule has 0 aromatic heterocycles. The minimum atomic E-state index is -4.40. The summed E-state index contributed by atoms with van der Waals surface area (Å²) in [6.45, 7) is -0.337. The van der Waals surface area contributed by atoms with Crippen molar-refractivity contribution in [3.63, 3.8) is 0 Å². The highest BCUT2D eigenvalue weighted by Crippen LogP contribution is 2.28. The van der Waals surface area contributed by atoms with Gasteiger partial charge in [0.1, 0.15) is 17.3 Å². The first-order valence-corrected chi connectivity index (χ1v) is 7.90. The van der Waals surface area contributed by atoms with Gasteiger partial charge in [0.2, 0.25) is 5.82 Å². The molecule has 0 aliphatic rings. The molecule has 0 heterocycles. The van der Waals surface area contributed by atoms with E-state index in [1.807, 2.05) is 0 Å². The van der Waals surface area contributed by atoms with Gasteiger partial charge in [-0.15, -0.1) is 0 Å². The maximum Gasteiger partial charge on any atom is 0.264 e. The number of hydrogen-bond acceptors (Lipinski definition) is 3. The molecule has 21 heavy (non-hydrogen) atoms. The summed E-state index contributed by atoms with van der Waals surface area (Å²) < 4.78 is 67.6. The molecular weight excluding hydrogens is 329 g/mol. The fraction of sp³-hybridized carbons (Fsp3) is 0.0769. The topological polar surface area (TPSA) is 43.4 Å². The van der Waals surface area contributed by atoms with Gasteiger partial charge in [0.05, 0.1) is 0 Å². The van der Waals surface area contributed by atoms with Crippen molar-refractivity contribution in [1.82, 2.24) is 0 Å². The Bertz CT molecular complexity index is 778. The lowest BCUT2D eigenvalue weighted by Gasteiger charge is -2.09. The van der Waals surface area contributed by atoms with Gasteiger partial charge in [-0.2, -0.15) is 4.39 Å². The number of halogens is 4.